The summed E-state index contributed by atoms with van der Waals surface area (Å²) in [5, 5.41) is 0. The van der Waals surface area contributed by atoms with Crippen molar-refractivity contribution in [1.29, 1.82) is 0 Å². The first-order valence-corrected chi connectivity index (χ1v) is 6.39. The van der Waals surface area contributed by atoms with Crippen molar-refractivity contribution in [3.05, 3.63) is 46.8 Å². The summed E-state index contributed by atoms with van der Waals surface area (Å²) in [6.45, 7) is 5.01. The molecule has 1 atom stereocenters. The Bertz CT molecular complexity index is 473. The lowest BCUT2D eigenvalue weighted by Gasteiger charge is -2.03. The largest absolute Gasteiger partial charge is 0.330 e. The highest BCUT2D eigenvalue weighted by molar-refractivity contribution is 7.15. The Balaban J connectivity index is 2.31. The summed E-state index contributed by atoms with van der Waals surface area (Å²) in [7, 11) is 0. The van der Waals surface area contributed by atoms with Crippen molar-refractivity contribution in [1.82, 2.24) is 0 Å². The van der Waals surface area contributed by atoms with E-state index < -0.39 is 0 Å². The van der Waals surface area contributed by atoms with Gasteiger partial charge in [-0.05, 0) is 31.2 Å². The Hall–Kier alpha value is -1.12. The maximum atomic E-state index is 5.68. The van der Waals surface area contributed by atoms with E-state index in [2.05, 4.69) is 50.2 Å². The SMILES string of the molecule is Cc1cccc(-c2ccc(C(C)CN)s2)c1. The number of rotatable bonds is 3. The van der Waals surface area contributed by atoms with Crippen molar-refractivity contribution in [2.24, 2.45) is 5.73 Å². The molecule has 84 valence electrons. The zero-order valence-electron chi connectivity index (χ0n) is 9.73. The van der Waals surface area contributed by atoms with Crippen LogP contribution < -0.4 is 5.73 Å². The van der Waals surface area contributed by atoms with Gasteiger partial charge in [0.1, 0.15) is 0 Å². The molecule has 2 aromatic rings. The summed E-state index contributed by atoms with van der Waals surface area (Å²) in [5.74, 6) is 0.462. The summed E-state index contributed by atoms with van der Waals surface area (Å²) >= 11 is 1.85. The molecule has 0 saturated carbocycles. The third kappa shape index (κ3) is 2.34. The molecule has 1 aromatic heterocycles. The summed E-state index contributed by atoms with van der Waals surface area (Å²) in [5.41, 5.74) is 8.29. The number of benzene rings is 1. The molecule has 16 heavy (non-hydrogen) atoms. The minimum absolute atomic E-state index is 0.462. The van der Waals surface area contributed by atoms with Crippen LogP contribution in [-0.4, -0.2) is 6.54 Å². The third-order valence-electron chi connectivity index (χ3n) is 2.77. The van der Waals surface area contributed by atoms with E-state index in [1.807, 2.05) is 11.3 Å². The molecule has 2 N–H and O–H groups in total. The summed E-state index contributed by atoms with van der Waals surface area (Å²) in [6, 6.07) is 13.0. The van der Waals surface area contributed by atoms with Crippen LogP contribution in [0.2, 0.25) is 0 Å². The van der Waals surface area contributed by atoms with E-state index in [1.54, 1.807) is 0 Å². The summed E-state index contributed by atoms with van der Waals surface area (Å²) < 4.78 is 0. The van der Waals surface area contributed by atoms with Gasteiger partial charge in [0.15, 0.2) is 0 Å². The average molecular weight is 231 g/mol. The molecule has 1 aromatic carbocycles. The summed E-state index contributed by atoms with van der Waals surface area (Å²) in [4.78, 5) is 2.71. The lowest BCUT2D eigenvalue weighted by Crippen LogP contribution is -2.06. The first-order chi connectivity index (χ1) is 7.70. The quantitative estimate of drug-likeness (QED) is 0.854. The molecule has 0 bridgehead atoms. The second-order valence-electron chi connectivity index (χ2n) is 4.21. The van der Waals surface area contributed by atoms with Crippen molar-refractivity contribution in [2.45, 2.75) is 19.8 Å². The van der Waals surface area contributed by atoms with Gasteiger partial charge < -0.3 is 5.73 Å². The summed E-state index contributed by atoms with van der Waals surface area (Å²) in [6.07, 6.45) is 0. The number of thiophene rings is 1. The molecule has 1 unspecified atom stereocenters. The molecule has 0 aliphatic carbocycles. The van der Waals surface area contributed by atoms with Gasteiger partial charge in [-0.3, -0.25) is 0 Å². The van der Waals surface area contributed by atoms with Crippen LogP contribution in [0.5, 0.6) is 0 Å². The molecule has 0 amide bonds. The molecule has 1 heterocycles. The van der Waals surface area contributed by atoms with Gasteiger partial charge in [0.2, 0.25) is 0 Å². The Morgan fingerprint density at radius 2 is 2.06 bits per heavy atom. The molecular weight excluding hydrogens is 214 g/mol. The molecule has 1 nitrogen and oxygen atoms in total. The van der Waals surface area contributed by atoms with Gasteiger partial charge in [0.05, 0.1) is 0 Å². The van der Waals surface area contributed by atoms with E-state index >= 15 is 0 Å². The van der Waals surface area contributed by atoms with E-state index in [4.69, 9.17) is 5.73 Å². The van der Waals surface area contributed by atoms with E-state index in [0.717, 1.165) is 0 Å². The molecule has 0 fully saturated rings. The number of hydrogen-bond donors (Lipinski definition) is 1. The highest BCUT2D eigenvalue weighted by Gasteiger charge is 2.07. The molecule has 0 aliphatic heterocycles. The number of nitrogens with two attached hydrogens (primary N) is 1. The van der Waals surface area contributed by atoms with Gasteiger partial charge in [-0.15, -0.1) is 11.3 Å². The molecule has 2 rings (SSSR count). The van der Waals surface area contributed by atoms with E-state index in [-0.39, 0.29) is 0 Å². The van der Waals surface area contributed by atoms with Gasteiger partial charge in [0.25, 0.3) is 0 Å². The van der Waals surface area contributed by atoms with Gasteiger partial charge in [0, 0.05) is 15.7 Å². The lowest BCUT2D eigenvalue weighted by atomic mass is 10.1. The highest BCUT2D eigenvalue weighted by atomic mass is 32.1. The van der Waals surface area contributed by atoms with Crippen LogP contribution in [0.1, 0.15) is 23.3 Å². The van der Waals surface area contributed by atoms with Crippen LogP contribution in [0.4, 0.5) is 0 Å². The molecule has 0 radical (unpaired) electrons. The average Bonchev–Trinajstić information content (AvgIpc) is 2.77. The zero-order chi connectivity index (χ0) is 11.5. The Morgan fingerprint density at radius 1 is 1.25 bits per heavy atom. The Kier molecular flexibility index (Phi) is 3.42. The second kappa shape index (κ2) is 4.81. The third-order valence-corrected chi connectivity index (χ3v) is 4.13. The van der Waals surface area contributed by atoms with Gasteiger partial charge >= 0.3 is 0 Å². The van der Waals surface area contributed by atoms with Crippen molar-refractivity contribution in [2.75, 3.05) is 6.54 Å². The fourth-order valence-corrected chi connectivity index (χ4v) is 2.76. The first-order valence-electron chi connectivity index (χ1n) is 5.57. The fraction of sp³-hybridized carbons (Fsp3) is 0.286. The maximum absolute atomic E-state index is 5.68. The topological polar surface area (TPSA) is 26.0 Å². The highest BCUT2D eigenvalue weighted by Crippen LogP contribution is 2.32. The maximum Gasteiger partial charge on any atom is 0.0345 e. The molecule has 0 aliphatic rings. The zero-order valence-corrected chi connectivity index (χ0v) is 10.6. The number of aryl methyl sites for hydroxylation is 1. The van der Waals surface area contributed by atoms with Crippen molar-refractivity contribution in [3.8, 4) is 10.4 Å². The fourth-order valence-electron chi connectivity index (χ4n) is 1.69. The smallest absolute Gasteiger partial charge is 0.0345 e. The molecular formula is C14H17NS. The van der Waals surface area contributed by atoms with Crippen LogP contribution in [0.25, 0.3) is 10.4 Å². The molecule has 2 heteroatoms. The standard InChI is InChI=1S/C14H17NS/c1-10-4-3-5-12(8-10)14-7-6-13(16-14)11(2)9-15/h3-8,11H,9,15H2,1-2H3. The lowest BCUT2D eigenvalue weighted by molar-refractivity contribution is 0.790. The minimum Gasteiger partial charge on any atom is -0.330 e. The second-order valence-corrected chi connectivity index (χ2v) is 5.32. The minimum atomic E-state index is 0.462. The van der Waals surface area contributed by atoms with E-state index in [0.29, 0.717) is 12.5 Å². The van der Waals surface area contributed by atoms with Crippen molar-refractivity contribution < 1.29 is 0 Å². The monoisotopic (exact) mass is 231 g/mol. The van der Waals surface area contributed by atoms with Crippen LogP contribution in [0, 0.1) is 6.92 Å². The molecule has 0 saturated heterocycles. The predicted molar refractivity (Wildman–Crippen MR) is 72.0 cm³/mol. The Morgan fingerprint density at radius 3 is 2.75 bits per heavy atom. The first kappa shape index (κ1) is 11.4. The van der Waals surface area contributed by atoms with Crippen LogP contribution in [0.3, 0.4) is 0 Å². The van der Waals surface area contributed by atoms with Crippen molar-refractivity contribution >= 4 is 11.3 Å². The van der Waals surface area contributed by atoms with E-state index in [1.165, 1.54) is 20.9 Å². The van der Waals surface area contributed by atoms with Crippen LogP contribution in [-0.2, 0) is 0 Å². The van der Waals surface area contributed by atoms with Gasteiger partial charge in [-0.1, -0.05) is 36.8 Å². The van der Waals surface area contributed by atoms with Crippen molar-refractivity contribution in [3.63, 3.8) is 0 Å². The Labute approximate surface area is 101 Å². The van der Waals surface area contributed by atoms with Gasteiger partial charge in [-0.25, -0.2) is 0 Å². The van der Waals surface area contributed by atoms with Crippen LogP contribution >= 0.6 is 11.3 Å². The van der Waals surface area contributed by atoms with Gasteiger partial charge in [-0.2, -0.15) is 0 Å². The molecule has 0 spiro atoms. The number of hydrogen-bond acceptors (Lipinski definition) is 2. The normalized spacial score (nSPS) is 12.7. The van der Waals surface area contributed by atoms with E-state index in [9.17, 15) is 0 Å². The van der Waals surface area contributed by atoms with Crippen LogP contribution in [0.15, 0.2) is 36.4 Å². The predicted octanol–water partition coefficient (Wildman–Crippen LogP) is 3.79.